The summed E-state index contributed by atoms with van der Waals surface area (Å²) in [7, 11) is 4.50. The van der Waals surface area contributed by atoms with Gasteiger partial charge in [0.15, 0.2) is 11.5 Å². The Morgan fingerprint density at radius 1 is 1.18 bits per heavy atom. The lowest BCUT2D eigenvalue weighted by Crippen LogP contribution is -3.10. The van der Waals surface area contributed by atoms with E-state index in [0.717, 1.165) is 35.8 Å². The molecule has 3 rings (SSSR count). The quantitative estimate of drug-likeness (QED) is 0.511. The van der Waals surface area contributed by atoms with Crippen molar-refractivity contribution in [3.63, 3.8) is 0 Å². The highest BCUT2D eigenvalue weighted by Gasteiger charge is 2.30. The van der Waals surface area contributed by atoms with Gasteiger partial charge in [-0.1, -0.05) is 11.6 Å². The lowest BCUT2D eigenvalue weighted by molar-refractivity contribution is -0.914. The average molecular weight is 510 g/mol. The number of carbonyl (C=O) groups is 2. The molecule has 2 N–H and O–H groups in total. The number of nitrogens with one attached hydrogen (secondary N) is 1. The van der Waals surface area contributed by atoms with Gasteiger partial charge in [-0.25, -0.2) is 4.79 Å². The fourth-order valence-corrected chi connectivity index (χ4v) is 4.97. The topological polar surface area (TPSA) is 117 Å². The SMILES string of the molecule is COc1cc2c(cc1OC)C(CCS(=O)c1ccc(Cl)cc1)[NH+](C)CC2.O=C([O-])/C=C/C(=O)O. The van der Waals surface area contributed by atoms with Crippen LogP contribution in [0.2, 0.25) is 5.02 Å². The molecule has 2 aromatic carbocycles. The first-order chi connectivity index (χ1) is 16.2. The molecule has 3 unspecified atom stereocenters. The lowest BCUT2D eigenvalue weighted by Gasteiger charge is -2.32. The van der Waals surface area contributed by atoms with Crippen LogP contribution in [0.5, 0.6) is 11.5 Å². The Hall–Kier alpha value is -2.88. The fraction of sp³-hybridized carbons (Fsp3) is 0.333. The highest BCUT2D eigenvalue weighted by molar-refractivity contribution is 7.85. The first-order valence-electron chi connectivity index (χ1n) is 10.5. The molecule has 2 aromatic rings. The van der Waals surface area contributed by atoms with Gasteiger partial charge in [0.25, 0.3) is 0 Å². The molecule has 8 nitrogen and oxygen atoms in total. The second-order valence-electron chi connectivity index (χ2n) is 7.59. The standard InChI is InChI=1S/C20H24ClNO3S.C4H4O4/c1-22-10-8-14-12-19(24-2)20(25-3)13-17(14)18(22)9-11-26(23)16-6-4-15(21)5-7-16;5-3(6)1-2-4(7)8/h4-7,12-13,18H,8-11H2,1-3H3;1-2H,(H,5,6)(H,7,8)/b;2-1+. The van der Waals surface area contributed by atoms with E-state index < -0.39 is 22.7 Å². The Kier molecular flexibility index (Phi) is 10.6. The van der Waals surface area contributed by atoms with E-state index in [1.54, 1.807) is 26.4 Å². The van der Waals surface area contributed by atoms with Crippen LogP contribution < -0.4 is 19.5 Å². The zero-order valence-electron chi connectivity index (χ0n) is 19.2. The third-order valence-electron chi connectivity index (χ3n) is 5.43. The van der Waals surface area contributed by atoms with Crippen LogP contribution in [0.25, 0.3) is 0 Å². The Morgan fingerprint density at radius 3 is 2.32 bits per heavy atom. The van der Waals surface area contributed by atoms with Crippen molar-refractivity contribution >= 4 is 34.3 Å². The molecule has 0 aliphatic carbocycles. The van der Waals surface area contributed by atoms with E-state index in [0.29, 0.717) is 29.0 Å². The van der Waals surface area contributed by atoms with E-state index >= 15 is 0 Å². The molecule has 0 fully saturated rings. The number of carboxylic acid groups (broad SMARTS) is 2. The van der Waals surface area contributed by atoms with E-state index in [4.69, 9.17) is 26.2 Å². The zero-order chi connectivity index (χ0) is 25.3. The molecule has 0 amide bonds. The summed E-state index contributed by atoms with van der Waals surface area (Å²) in [5.74, 6) is -0.655. The van der Waals surface area contributed by atoms with Crippen molar-refractivity contribution < 1.29 is 38.4 Å². The normalized spacial score (nSPS) is 17.8. The minimum Gasteiger partial charge on any atom is -0.545 e. The van der Waals surface area contributed by atoms with Crippen molar-refractivity contribution in [3.05, 3.63) is 64.7 Å². The molecule has 0 saturated heterocycles. The molecule has 0 spiro atoms. The zero-order valence-corrected chi connectivity index (χ0v) is 20.8. The Bertz CT molecular complexity index is 1040. The van der Waals surface area contributed by atoms with Gasteiger partial charge in [-0.15, -0.1) is 0 Å². The highest BCUT2D eigenvalue weighted by Crippen LogP contribution is 2.35. The number of likely N-dealkylation sites (N-methyl/N-ethyl adjacent to an activating group) is 1. The van der Waals surface area contributed by atoms with E-state index in [9.17, 15) is 18.9 Å². The molecule has 10 heteroatoms. The summed E-state index contributed by atoms with van der Waals surface area (Å²) in [5, 5.41) is 17.9. The number of methoxy groups -OCH3 is 2. The molecule has 34 heavy (non-hydrogen) atoms. The number of rotatable bonds is 8. The number of aliphatic carboxylic acids is 2. The minimum absolute atomic E-state index is 0.301. The Morgan fingerprint density at radius 2 is 1.79 bits per heavy atom. The monoisotopic (exact) mass is 509 g/mol. The molecule has 0 saturated carbocycles. The van der Waals surface area contributed by atoms with Gasteiger partial charge in [0.05, 0.1) is 44.6 Å². The minimum atomic E-state index is -1.51. The van der Waals surface area contributed by atoms with Crippen LogP contribution in [0, 0.1) is 0 Å². The van der Waals surface area contributed by atoms with E-state index in [2.05, 4.69) is 19.2 Å². The summed E-state index contributed by atoms with van der Waals surface area (Å²) in [6.07, 6.45) is 2.81. The predicted octanol–water partition coefficient (Wildman–Crippen LogP) is 1.04. The van der Waals surface area contributed by atoms with Crippen LogP contribution in [-0.4, -0.2) is 54.8 Å². The van der Waals surface area contributed by atoms with Crippen molar-refractivity contribution in [2.45, 2.75) is 23.8 Å². The molecule has 0 aromatic heterocycles. The number of hydrogen-bond donors (Lipinski definition) is 2. The van der Waals surface area contributed by atoms with Gasteiger partial charge in [0.2, 0.25) is 0 Å². The third-order valence-corrected chi connectivity index (χ3v) is 7.09. The van der Waals surface area contributed by atoms with Gasteiger partial charge in [0.1, 0.15) is 6.04 Å². The van der Waals surface area contributed by atoms with Crippen LogP contribution in [-0.2, 0) is 26.8 Å². The lowest BCUT2D eigenvalue weighted by atomic mass is 9.91. The average Bonchev–Trinajstić information content (AvgIpc) is 2.82. The molecule has 0 bridgehead atoms. The van der Waals surface area contributed by atoms with E-state index in [1.807, 2.05) is 12.1 Å². The first-order valence-corrected chi connectivity index (χ1v) is 12.2. The second-order valence-corrected chi connectivity index (χ2v) is 9.59. The summed E-state index contributed by atoms with van der Waals surface area (Å²) < 4.78 is 23.6. The van der Waals surface area contributed by atoms with Crippen LogP contribution in [0.3, 0.4) is 0 Å². The van der Waals surface area contributed by atoms with Crippen molar-refractivity contribution in [1.82, 2.24) is 0 Å². The molecule has 1 heterocycles. The molecule has 1 aliphatic heterocycles. The van der Waals surface area contributed by atoms with Crippen molar-refractivity contribution in [3.8, 4) is 11.5 Å². The van der Waals surface area contributed by atoms with E-state index in [1.165, 1.54) is 16.0 Å². The smallest absolute Gasteiger partial charge is 0.328 e. The molecule has 1 aliphatic rings. The third kappa shape index (κ3) is 7.86. The number of ether oxygens (including phenoxy) is 2. The fourth-order valence-electron chi connectivity index (χ4n) is 3.72. The van der Waals surface area contributed by atoms with Crippen LogP contribution >= 0.6 is 11.6 Å². The highest BCUT2D eigenvalue weighted by atomic mass is 35.5. The Balaban J connectivity index is 0.000000440. The maximum Gasteiger partial charge on any atom is 0.328 e. The van der Waals surface area contributed by atoms with Crippen molar-refractivity contribution in [1.29, 1.82) is 0 Å². The van der Waals surface area contributed by atoms with E-state index in [-0.39, 0.29) is 0 Å². The van der Waals surface area contributed by atoms with Crippen LogP contribution in [0.15, 0.2) is 53.4 Å². The molecular formula is C24H28ClNO7S. The molecule has 3 atom stereocenters. The second kappa shape index (κ2) is 13.1. The summed E-state index contributed by atoms with van der Waals surface area (Å²) in [6.45, 7) is 1.06. The maximum absolute atomic E-state index is 12.7. The number of carboxylic acids is 2. The first kappa shape index (κ1) is 27.4. The van der Waals surface area contributed by atoms with Gasteiger partial charge in [-0.05, 0) is 48.0 Å². The summed E-state index contributed by atoms with van der Waals surface area (Å²) >= 11 is 5.92. The number of carbonyl (C=O) groups excluding carboxylic acids is 1. The van der Waals surface area contributed by atoms with Crippen molar-refractivity contribution in [2.75, 3.05) is 33.6 Å². The van der Waals surface area contributed by atoms with Crippen molar-refractivity contribution in [2.24, 2.45) is 0 Å². The number of fused-ring (bicyclic) bond motifs is 1. The molecule has 0 radical (unpaired) electrons. The number of quaternary nitrogens is 1. The number of hydrogen-bond acceptors (Lipinski definition) is 6. The number of benzene rings is 2. The summed E-state index contributed by atoms with van der Waals surface area (Å²) in [4.78, 5) is 21.2. The predicted molar refractivity (Wildman–Crippen MR) is 127 cm³/mol. The van der Waals surface area contributed by atoms with Crippen LogP contribution in [0.1, 0.15) is 23.6 Å². The largest absolute Gasteiger partial charge is 0.545 e. The number of halogens is 1. The van der Waals surface area contributed by atoms with Gasteiger partial charge >= 0.3 is 5.97 Å². The van der Waals surface area contributed by atoms with Gasteiger partial charge in [0, 0.05) is 40.2 Å². The molecule has 184 valence electrons. The summed E-state index contributed by atoms with van der Waals surface area (Å²) in [5.41, 5.74) is 2.58. The Labute approximate surface area is 206 Å². The van der Waals surface area contributed by atoms with Crippen LogP contribution in [0.4, 0.5) is 0 Å². The van der Waals surface area contributed by atoms with Gasteiger partial charge < -0.3 is 29.4 Å². The summed E-state index contributed by atoms with van der Waals surface area (Å²) in [6, 6.07) is 11.7. The van der Waals surface area contributed by atoms with Gasteiger partial charge in [-0.2, -0.15) is 0 Å². The maximum atomic E-state index is 12.7. The molecular weight excluding hydrogens is 482 g/mol. The van der Waals surface area contributed by atoms with Gasteiger partial charge in [-0.3, -0.25) is 4.21 Å².